The van der Waals surface area contributed by atoms with Gasteiger partial charge in [0.2, 0.25) is 0 Å². The number of hydrogen-bond acceptors (Lipinski definition) is 3. The molecule has 3 heteroatoms. The van der Waals surface area contributed by atoms with Gasteiger partial charge in [0.1, 0.15) is 0 Å². The largest absolute Gasteiger partial charge is 0.392 e. The number of nitrogens with zero attached hydrogens (tertiary/aromatic N) is 1. The number of nitrogens with one attached hydrogen (secondary N) is 1. The zero-order chi connectivity index (χ0) is 11.0. The zero-order valence-corrected chi connectivity index (χ0v) is 10.1. The van der Waals surface area contributed by atoms with Crippen LogP contribution in [0.5, 0.6) is 0 Å². The first-order valence-corrected chi connectivity index (χ1v) is 7.03. The van der Waals surface area contributed by atoms with Crippen molar-refractivity contribution in [3.05, 3.63) is 0 Å². The quantitative estimate of drug-likeness (QED) is 0.738. The molecule has 3 nitrogen and oxygen atoms in total. The summed E-state index contributed by atoms with van der Waals surface area (Å²) in [6.07, 6.45) is 8.59. The van der Waals surface area contributed by atoms with Gasteiger partial charge in [-0.3, -0.25) is 4.90 Å². The summed E-state index contributed by atoms with van der Waals surface area (Å²) in [6, 6.07) is 1.80. The highest BCUT2D eigenvalue weighted by molar-refractivity contribution is 4.98. The van der Waals surface area contributed by atoms with E-state index in [2.05, 4.69) is 10.2 Å². The number of fused-ring (bicyclic) bond motifs is 1. The first kappa shape index (κ1) is 11.0. The fourth-order valence-corrected chi connectivity index (χ4v) is 3.86. The molecule has 16 heavy (non-hydrogen) atoms. The van der Waals surface area contributed by atoms with Gasteiger partial charge in [-0.1, -0.05) is 12.8 Å². The van der Waals surface area contributed by atoms with Gasteiger partial charge in [-0.25, -0.2) is 0 Å². The molecular weight excluding hydrogens is 200 g/mol. The lowest BCUT2D eigenvalue weighted by Crippen LogP contribution is -2.50. The van der Waals surface area contributed by atoms with E-state index in [1.165, 1.54) is 51.6 Å². The topological polar surface area (TPSA) is 35.5 Å². The van der Waals surface area contributed by atoms with Crippen LogP contribution in [0.2, 0.25) is 0 Å². The van der Waals surface area contributed by atoms with Crippen molar-refractivity contribution in [2.75, 3.05) is 13.1 Å². The van der Waals surface area contributed by atoms with E-state index < -0.39 is 0 Å². The maximum atomic E-state index is 9.99. The first-order chi connectivity index (χ1) is 7.84. The second-order valence-electron chi connectivity index (χ2n) is 5.77. The van der Waals surface area contributed by atoms with Crippen molar-refractivity contribution in [3.63, 3.8) is 0 Å². The molecule has 2 unspecified atom stereocenters. The number of rotatable bonds is 2. The SMILES string of the molecule is O[C@@H]1CCCC[C@H]1NC1CCN2CCCC12. The molecule has 2 saturated heterocycles. The van der Waals surface area contributed by atoms with E-state index in [1.54, 1.807) is 0 Å². The summed E-state index contributed by atoms with van der Waals surface area (Å²) in [4.78, 5) is 2.63. The third-order valence-corrected chi connectivity index (χ3v) is 4.76. The molecule has 0 spiro atoms. The van der Waals surface area contributed by atoms with Gasteiger partial charge < -0.3 is 10.4 Å². The molecule has 2 N–H and O–H groups in total. The Bertz CT molecular complexity index is 246. The minimum atomic E-state index is -0.0933. The molecule has 1 saturated carbocycles. The third kappa shape index (κ3) is 2.01. The Hall–Kier alpha value is -0.120. The van der Waals surface area contributed by atoms with E-state index in [0.29, 0.717) is 12.1 Å². The summed E-state index contributed by atoms with van der Waals surface area (Å²) in [5.74, 6) is 0. The normalized spacial score (nSPS) is 44.8. The van der Waals surface area contributed by atoms with E-state index in [0.717, 1.165) is 12.5 Å². The van der Waals surface area contributed by atoms with Crippen LogP contribution in [0, 0.1) is 0 Å². The lowest BCUT2D eigenvalue weighted by molar-refractivity contribution is 0.0823. The van der Waals surface area contributed by atoms with Crippen LogP contribution < -0.4 is 5.32 Å². The maximum Gasteiger partial charge on any atom is 0.0693 e. The van der Waals surface area contributed by atoms with Crippen LogP contribution in [0.4, 0.5) is 0 Å². The molecule has 3 fully saturated rings. The number of aliphatic hydroxyl groups is 1. The summed E-state index contributed by atoms with van der Waals surface area (Å²) in [7, 11) is 0. The smallest absolute Gasteiger partial charge is 0.0693 e. The Labute approximate surface area is 98.2 Å². The van der Waals surface area contributed by atoms with Crippen LogP contribution in [0.3, 0.4) is 0 Å². The molecule has 3 rings (SSSR count). The average Bonchev–Trinajstić information content (AvgIpc) is 2.86. The fraction of sp³-hybridized carbons (Fsp3) is 1.00. The number of aliphatic hydroxyl groups excluding tert-OH is 1. The summed E-state index contributed by atoms with van der Waals surface area (Å²) in [6.45, 7) is 2.57. The highest BCUT2D eigenvalue weighted by atomic mass is 16.3. The van der Waals surface area contributed by atoms with Crippen molar-refractivity contribution in [1.29, 1.82) is 0 Å². The lowest BCUT2D eigenvalue weighted by atomic mass is 9.91. The molecule has 0 radical (unpaired) electrons. The molecule has 4 atom stereocenters. The van der Waals surface area contributed by atoms with Crippen molar-refractivity contribution in [2.45, 2.75) is 69.2 Å². The van der Waals surface area contributed by atoms with E-state index >= 15 is 0 Å². The Balaban J connectivity index is 1.57. The molecule has 1 aliphatic carbocycles. The first-order valence-electron chi connectivity index (χ1n) is 7.03. The van der Waals surface area contributed by atoms with E-state index in [9.17, 15) is 5.11 Å². The molecule has 3 aliphatic rings. The molecule has 0 amide bonds. The van der Waals surface area contributed by atoms with Gasteiger partial charge in [0.25, 0.3) is 0 Å². The van der Waals surface area contributed by atoms with E-state index in [4.69, 9.17) is 0 Å². The van der Waals surface area contributed by atoms with Crippen molar-refractivity contribution in [2.24, 2.45) is 0 Å². The molecule has 0 bridgehead atoms. The summed E-state index contributed by atoms with van der Waals surface area (Å²) >= 11 is 0. The maximum absolute atomic E-state index is 9.99. The molecule has 0 aromatic carbocycles. The van der Waals surface area contributed by atoms with Crippen LogP contribution in [-0.4, -0.2) is 47.3 Å². The van der Waals surface area contributed by atoms with E-state index in [1.807, 2.05) is 0 Å². The highest BCUT2D eigenvalue weighted by Gasteiger charge is 2.38. The van der Waals surface area contributed by atoms with Crippen LogP contribution in [0.1, 0.15) is 44.9 Å². The van der Waals surface area contributed by atoms with E-state index in [-0.39, 0.29) is 6.10 Å². The van der Waals surface area contributed by atoms with Crippen LogP contribution >= 0.6 is 0 Å². The van der Waals surface area contributed by atoms with Crippen molar-refractivity contribution < 1.29 is 5.11 Å². The molecule has 0 aromatic heterocycles. The van der Waals surface area contributed by atoms with Crippen LogP contribution in [0.25, 0.3) is 0 Å². The predicted molar refractivity (Wildman–Crippen MR) is 64.4 cm³/mol. The van der Waals surface area contributed by atoms with Gasteiger partial charge in [-0.05, 0) is 38.6 Å². The van der Waals surface area contributed by atoms with Gasteiger partial charge in [0.15, 0.2) is 0 Å². The monoisotopic (exact) mass is 224 g/mol. The molecule has 2 aliphatic heterocycles. The van der Waals surface area contributed by atoms with Gasteiger partial charge in [-0.15, -0.1) is 0 Å². The summed E-state index contributed by atoms with van der Waals surface area (Å²) < 4.78 is 0. The zero-order valence-electron chi connectivity index (χ0n) is 10.1. The lowest BCUT2D eigenvalue weighted by Gasteiger charge is -2.33. The Kier molecular flexibility index (Phi) is 3.18. The van der Waals surface area contributed by atoms with Crippen LogP contribution in [-0.2, 0) is 0 Å². The van der Waals surface area contributed by atoms with Crippen molar-refractivity contribution in [1.82, 2.24) is 10.2 Å². The predicted octanol–water partition coefficient (Wildman–Crippen LogP) is 1.12. The standard InChI is InChI=1S/C13H24N2O/c16-13-6-2-1-4-11(13)14-10-7-9-15-8-3-5-12(10)15/h10-14,16H,1-9H2/t10?,11-,12?,13-/m1/s1. The molecule has 92 valence electrons. The van der Waals surface area contributed by atoms with Gasteiger partial charge in [0.05, 0.1) is 6.10 Å². The van der Waals surface area contributed by atoms with Crippen molar-refractivity contribution >= 4 is 0 Å². The molecular formula is C13H24N2O. The molecule has 2 heterocycles. The van der Waals surface area contributed by atoms with Crippen LogP contribution in [0.15, 0.2) is 0 Å². The highest BCUT2D eigenvalue weighted by Crippen LogP contribution is 2.29. The Morgan fingerprint density at radius 1 is 0.875 bits per heavy atom. The Morgan fingerprint density at radius 3 is 2.62 bits per heavy atom. The average molecular weight is 224 g/mol. The molecule has 0 aromatic rings. The number of hydrogen-bond donors (Lipinski definition) is 2. The van der Waals surface area contributed by atoms with Gasteiger partial charge in [0, 0.05) is 24.7 Å². The van der Waals surface area contributed by atoms with Crippen molar-refractivity contribution in [3.8, 4) is 0 Å². The fourth-order valence-electron chi connectivity index (χ4n) is 3.86. The second-order valence-corrected chi connectivity index (χ2v) is 5.77. The Morgan fingerprint density at radius 2 is 1.75 bits per heavy atom. The summed E-state index contributed by atoms with van der Waals surface area (Å²) in [5, 5.41) is 13.7. The minimum Gasteiger partial charge on any atom is -0.392 e. The van der Waals surface area contributed by atoms with Gasteiger partial charge in [-0.2, -0.15) is 0 Å². The van der Waals surface area contributed by atoms with Gasteiger partial charge >= 0.3 is 0 Å². The second kappa shape index (κ2) is 4.63. The third-order valence-electron chi connectivity index (χ3n) is 4.76. The minimum absolute atomic E-state index is 0.0933. The summed E-state index contributed by atoms with van der Waals surface area (Å²) in [5.41, 5.74) is 0.